The largest absolute Gasteiger partial charge is 0.485 e. The maximum absolute atomic E-state index is 13.1. The summed E-state index contributed by atoms with van der Waals surface area (Å²) >= 11 is 0. The number of carbonyl (C=O) groups is 1. The summed E-state index contributed by atoms with van der Waals surface area (Å²) in [5.74, 6) is 0.696. The zero-order valence-corrected chi connectivity index (χ0v) is 22.1. The van der Waals surface area contributed by atoms with E-state index in [9.17, 15) is 4.79 Å². The Morgan fingerprint density at radius 2 is 1.85 bits per heavy atom. The number of hydrogen-bond acceptors (Lipinski definition) is 6. The average Bonchev–Trinajstić information content (AvgIpc) is 3.34. The Bertz CT molecular complexity index is 1680. The van der Waals surface area contributed by atoms with Crippen LogP contribution in [0.5, 0.6) is 5.75 Å². The Kier molecular flexibility index (Phi) is 6.42. The molecule has 0 bridgehead atoms. The number of nitrogens with one attached hydrogen (secondary N) is 2. The molecule has 8 nitrogen and oxygen atoms in total. The van der Waals surface area contributed by atoms with Gasteiger partial charge in [-0.2, -0.15) is 0 Å². The molecule has 2 aliphatic rings. The van der Waals surface area contributed by atoms with E-state index in [1.54, 1.807) is 6.20 Å². The molecule has 1 aliphatic heterocycles. The van der Waals surface area contributed by atoms with Crippen LogP contribution in [-0.4, -0.2) is 52.3 Å². The van der Waals surface area contributed by atoms with Crippen molar-refractivity contribution < 1.29 is 14.3 Å². The number of fused-ring (bicyclic) bond motifs is 3. The Morgan fingerprint density at radius 3 is 2.60 bits per heavy atom. The molecule has 4 heterocycles. The first kappa shape index (κ1) is 24.7. The highest BCUT2D eigenvalue weighted by atomic mass is 16.6. The van der Waals surface area contributed by atoms with Crippen molar-refractivity contribution in [1.29, 1.82) is 0 Å². The van der Waals surface area contributed by atoms with Gasteiger partial charge in [-0.15, -0.1) is 0 Å². The summed E-state index contributed by atoms with van der Waals surface area (Å²) in [6.07, 6.45) is 9.55. The summed E-state index contributed by atoms with van der Waals surface area (Å²) in [6.45, 7) is 1.14. The number of benzene rings is 2. The highest BCUT2D eigenvalue weighted by molar-refractivity contribution is 6.16. The molecule has 2 aromatic carbocycles. The quantitative estimate of drug-likeness (QED) is 0.276. The van der Waals surface area contributed by atoms with Crippen LogP contribution in [0.15, 0.2) is 73.2 Å². The molecule has 1 amide bonds. The molecule has 1 aliphatic carbocycles. The summed E-state index contributed by atoms with van der Waals surface area (Å²) in [5, 5.41) is 5.24. The van der Waals surface area contributed by atoms with E-state index in [2.05, 4.69) is 26.3 Å². The van der Waals surface area contributed by atoms with E-state index >= 15 is 0 Å². The first-order valence-electron chi connectivity index (χ1n) is 13.9. The van der Waals surface area contributed by atoms with E-state index in [0.29, 0.717) is 18.8 Å². The fourth-order valence-electron chi connectivity index (χ4n) is 5.77. The zero-order valence-electron chi connectivity index (χ0n) is 22.1. The minimum atomic E-state index is -0.0884. The van der Waals surface area contributed by atoms with Crippen LogP contribution in [0.2, 0.25) is 0 Å². The van der Waals surface area contributed by atoms with Crippen molar-refractivity contribution >= 4 is 27.7 Å². The van der Waals surface area contributed by atoms with Gasteiger partial charge in [0.05, 0.1) is 30.6 Å². The standard InChI is InChI=1S/C32H31N5O3/c33-24-5-1-2-6-25(24)37-32(38)20-9-7-19(8-10-20)30-29(40-22-17-39-18-22)12-11-26-31(30)23-14-27(35-16-28(23)36-26)21-4-3-13-34-15-21/h3-4,7-16,22,24-25,36H,1-2,5-6,17-18,33H2,(H,37,38). The number of nitrogens with two attached hydrogens (primary N) is 1. The number of ether oxygens (including phenoxy) is 2. The number of rotatable bonds is 6. The van der Waals surface area contributed by atoms with Crippen LogP contribution in [0.3, 0.4) is 0 Å². The first-order chi connectivity index (χ1) is 19.6. The van der Waals surface area contributed by atoms with Crippen molar-refractivity contribution in [2.24, 2.45) is 5.73 Å². The summed E-state index contributed by atoms with van der Waals surface area (Å²) in [7, 11) is 0. The van der Waals surface area contributed by atoms with Gasteiger partial charge in [-0.05, 0) is 60.9 Å². The van der Waals surface area contributed by atoms with Gasteiger partial charge in [-0.3, -0.25) is 14.8 Å². The third-order valence-corrected chi connectivity index (χ3v) is 8.04. The zero-order chi connectivity index (χ0) is 27.1. The Labute approximate surface area is 231 Å². The van der Waals surface area contributed by atoms with Crippen molar-refractivity contribution in [2.45, 2.75) is 43.9 Å². The van der Waals surface area contributed by atoms with Gasteiger partial charge in [-0.25, -0.2) is 0 Å². The predicted molar refractivity (Wildman–Crippen MR) is 155 cm³/mol. The second-order valence-electron chi connectivity index (χ2n) is 10.7. The Morgan fingerprint density at radius 1 is 1.00 bits per heavy atom. The van der Waals surface area contributed by atoms with Gasteiger partial charge in [-0.1, -0.05) is 25.0 Å². The summed E-state index contributed by atoms with van der Waals surface area (Å²) in [6, 6.07) is 17.9. The molecule has 1 saturated carbocycles. The highest BCUT2D eigenvalue weighted by Gasteiger charge is 2.25. The lowest BCUT2D eigenvalue weighted by Gasteiger charge is -2.29. The lowest BCUT2D eigenvalue weighted by Crippen LogP contribution is -2.49. The summed E-state index contributed by atoms with van der Waals surface area (Å²) in [5.41, 5.74) is 12.5. The first-order valence-corrected chi connectivity index (χ1v) is 13.9. The van der Waals surface area contributed by atoms with Crippen LogP contribution in [-0.2, 0) is 4.74 Å². The highest BCUT2D eigenvalue weighted by Crippen LogP contribution is 2.42. The molecular formula is C32H31N5O3. The van der Waals surface area contributed by atoms with Gasteiger partial charge < -0.3 is 25.5 Å². The molecule has 2 fully saturated rings. The number of aromatic nitrogens is 3. The Hall–Kier alpha value is -4.27. The molecule has 40 heavy (non-hydrogen) atoms. The van der Waals surface area contributed by atoms with E-state index in [4.69, 9.17) is 15.2 Å². The fraction of sp³-hybridized carbons (Fsp3) is 0.281. The fourth-order valence-corrected chi connectivity index (χ4v) is 5.77. The molecule has 0 radical (unpaired) electrons. The monoisotopic (exact) mass is 533 g/mol. The van der Waals surface area contributed by atoms with Gasteiger partial charge in [0.15, 0.2) is 0 Å². The average molecular weight is 534 g/mol. The molecule has 7 rings (SSSR count). The maximum Gasteiger partial charge on any atom is 0.251 e. The van der Waals surface area contributed by atoms with Gasteiger partial charge in [0.25, 0.3) is 5.91 Å². The number of aromatic amines is 1. The molecule has 202 valence electrons. The van der Waals surface area contributed by atoms with Gasteiger partial charge >= 0.3 is 0 Å². The minimum Gasteiger partial charge on any atom is -0.485 e. The van der Waals surface area contributed by atoms with Crippen LogP contribution in [0.1, 0.15) is 36.0 Å². The van der Waals surface area contributed by atoms with Crippen LogP contribution >= 0.6 is 0 Å². The molecule has 4 N–H and O–H groups in total. The van der Waals surface area contributed by atoms with Gasteiger partial charge in [0.1, 0.15) is 11.9 Å². The second-order valence-corrected chi connectivity index (χ2v) is 10.7. The number of amides is 1. The number of nitrogens with zero attached hydrogens (tertiary/aromatic N) is 2. The third kappa shape index (κ3) is 4.59. The SMILES string of the molecule is NC1CCCCC1NC(=O)c1ccc(-c2c(OC3COC3)ccc3[nH]c4cnc(-c5cccnc5)cc4c23)cc1. The molecule has 5 aromatic rings. The van der Waals surface area contributed by atoms with Gasteiger partial charge in [0, 0.05) is 57.5 Å². The summed E-state index contributed by atoms with van der Waals surface area (Å²) < 4.78 is 11.8. The Balaban J connectivity index is 1.31. The molecule has 0 spiro atoms. The van der Waals surface area contributed by atoms with Crippen LogP contribution in [0, 0.1) is 0 Å². The molecule has 8 heteroatoms. The predicted octanol–water partition coefficient (Wildman–Crippen LogP) is 5.22. The van der Waals surface area contributed by atoms with E-state index in [1.807, 2.05) is 60.9 Å². The molecule has 2 unspecified atom stereocenters. The van der Waals surface area contributed by atoms with Crippen LogP contribution < -0.4 is 15.8 Å². The molecule has 3 aromatic heterocycles. The second kappa shape index (κ2) is 10.4. The van der Waals surface area contributed by atoms with Crippen molar-refractivity contribution in [3.63, 3.8) is 0 Å². The number of pyridine rings is 2. The molecule has 1 saturated heterocycles. The summed E-state index contributed by atoms with van der Waals surface area (Å²) in [4.78, 5) is 25.5. The lowest BCUT2D eigenvalue weighted by atomic mass is 9.91. The third-order valence-electron chi connectivity index (χ3n) is 8.04. The smallest absolute Gasteiger partial charge is 0.251 e. The van der Waals surface area contributed by atoms with E-state index in [0.717, 1.165) is 75.6 Å². The number of hydrogen-bond donors (Lipinski definition) is 3. The number of H-pyrrole nitrogens is 1. The van der Waals surface area contributed by atoms with Gasteiger partial charge in [0.2, 0.25) is 0 Å². The van der Waals surface area contributed by atoms with E-state index < -0.39 is 0 Å². The minimum absolute atomic E-state index is 0.0117. The topological polar surface area (TPSA) is 115 Å². The van der Waals surface area contributed by atoms with Crippen LogP contribution in [0.4, 0.5) is 0 Å². The number of carbonyl (C=O) groups excluding carboxylic acids is 1. The molecule has 2 atom stereocenters. The van der Waals surface area contributed by atoms with Crippen molar-refractivity contribution in [3.05, 3.63) is 78.8 Å². The van der Waals surface area contributed by atoms with Crippen molar-refractivity contribution in [1.82, 2.24) is 20.3 Å². The van der Waals surface area contributed by atoms with Crippen LogP contribution in [0.25, 0.3) is 44.2 Å². The molecular weight excluding hydrogens is 502 g/mol. The van der Waals surface area contributed by atoms with E-state index in [1.165, 1.54) is 0 Å². The van der Waals surface area contributed by atoms with Crippen molar-refractivity contribution in [2.75, 3.05) is 13.2 Å². The maximum atomic E-state index is 13.1. The lowest BCUT2D eigenvalue weighted by molar-refractivity contribution is -0.0794. The van der Waals surface area contributed by atoms with Crippen molar-refractivity contribution in [3.8, 4) is 28.1 Å². The van der Waals surface area contributed by atoms with E-state index in [-0.39, 0.29) is 24.1 Å². The normalized spacial score (nSPS) is 19.4.